The van der Waals surface area contributed by atoms with Crippen molar-refractivity contribution >= 4 is 34.6 Å². The summed E-state index contributed by atoms with van der Waals surface area (Å²) < 4.78 is 0.714. The fourth-order valence-electron chi connectivity index (χ4n) is 3.56. The van der Waals surface area contributed by atoms with Crippen molar-refractivity contribution in [2.24, 2.45) is 17.0 Å². The molecule has 0 unspecified atom stereocenters. The quantitative estimate of drug-likeness (QED) is 0.868. The van der Waals surface area contributed by atoms with Gasteiger partial charge in [0.15, 0.2) is 0 Å². The lowest BCUT2D eigenvalue weighted by molar-refractivity contribution is -0.131. The molecular weight excluding hydrogens is 346 g/mol. The van der Waals surface area contributed by atoms with Gasteiger partial charge in [-0.05, 0) is 30.4 Å². The number of hydrogen-bond donors (Lipinski definition) is 1. The summed E-state index contributed by atoms with van der Waals surface area (Å²) in [7, 11) is 0. The SMILES string of the molecule is C[C@@H]1C[C@@H](C)CN(CCNC(=O)[C@H]2CC(c3ccc(Cl)s3)=NO2)C1. The highest BCUT2D eigenvalue weighted by molar-refractivity contribution is 7.18. The van der Waals surface area contributed by atoms with Gasteiger partial charge in [-0.1, -0.05) is 30.6 Å². The number of nitrogens with zero attached hydrogens (tertiary/aromatic N) is 2. The van der Waals surface area contributed by atoms with Crippen LogP contribution in [0.15, 0.2) is 17.3 Å². The molecular formula is C17H24ClN3O2S. The minimum absolute atomic E-state index is 0.0884. The number of likely N-dealkylation sites (tertiary alicyclic amines) is 1. The number of halogens is 1. The molecule has 0 saturated carbocycles. The number of carbonyl (C=O) groups excluding carboxylic acids is 1. The number of rotatable bonds is 5. The van der Waals surface area contributed by atoms with Gasteiger partial charge in [0.25, 0.3) is 5.91 Å². The summed E-state index contributed by atoms with van der Waals surface area (Å²) in [6, 6.07) is 3.74. The van der Waals surface area contributed by atoms with Gasteiger partial charge >= 0.3 is 0 Å². The van der Waals surface area contributed by atoms with Gasteiger partial charge in [0, 0.05) is 32.6 Å². The third-order valence-corrected chi connectivity index (χ3v) is 5.77. The van der Waals surface area contributed by atoms with Crippen LogP contribution in [0, 0.1) is 11.8 Å². The van der Waals surface area contributed by atoms with Gasteiger partial charge in [-0.25, -0.2) is 0 Å². The Balaban J connectivity index is 1.40. The maximum Gasteiger partial charge on any atom is 0.264 e. The van der Waals surface area contributed by atoms with E-state index in [1.54, 1.807) is 0 Å². The maximum absolute atomic E-state index is 12.2. The van der Waals surface area contributed by atoms with Crippen molar-refractivity contribution in [2.75, 3.05) is 26.2 Å². The first-order valence-electron chi connectivity index (χ1n) is 8.49. The highest BCUT2D eigenvalue weighted by atomic mass is 35.5. The van der Waals surface area contributed by atoms with Crippen LogP contribution in [0.3, 0.4) is 0 Å². The van der Waals surface area contributed by atoms with Crippen LogP contribution in [-0.4, -0.2) is 48.8 Å². The Morgan fingerprint density at radius 3 is 2.83 bits per heavy atom. The zero-order chi connectivity index (χ0) is 17.1. The van der Waals surface area contributed by atoms with E-state index in [9.17, 15) is 4.79 Å². The van der Waals surface area contributed by atoms with Crippen LogP contribution in [-0.2, 0) is 9.63 Å². The second kappa shape index (κ2) is 7.85. The van der Waals surface area contributed by atoms with E-state index < -0.39 is 6.10 Å². The third-order valence-electron chi connectivity index (χ3n) is 4.49. The van der Waals surface area contributed by atoms with Crippen molar-refractivity contribution in [3.05, 3.63) is 21.3 Å². The van der Waals surface area contributed by atoms with E-state index >= 15 is 0 Å². The van der Waals surface area contributed by atoms with Crippen LogP contribution in [0.5, 0.6) is 0 Å². The van der Waals surface area contributed by atoms with Gasteiger partial charge in [0.1, 0.15) is 5.71 Å². The average Bonchev–Trinajstić information content (AvgIpc) is 3.14. The van der Waals surface area contributed by atoms with Crippen LogP contribution in [0.25, 0.3) is 0 Å². The van der Waals surface area contributed by atoms with E-state index in [0.717, 1.165) is 42.1 Å². The summed E-state index contributed by atoms with van der Waals surface area (Å²) in [6.45, 7) is 8.37. The van der Waals surface area contributed by atoms with Gasteiger partial charge in [-0.2, -0.15) is 0 Å². The van der Waals surface area contributed by atoms with Crippen LogP contribution >= 0.6 is 22.9 Å². The van der Waals surface area contributed by atoms with Crippen molar-refractivity contribution in [1.82, 2.24) is 10.2 Å². The zero-order valence-corrected chi connectivity index (χ0v) is 15.7. The molecule has 1 aromatic rings. The standard InChI is InChI=1S/C17H24ClN3O2S/c1-11-7-12(2)10-21(9-11)6-5-19-17(22)14-8-13(20-23-14)15-3-4-16(18)24-15/h3-4,11-12,14H,5-10H2,1-2H3,(H,19,22)/t11-,12-,14-/m1/s1. The van der Waals surface area contributed by atoms with E-state index in [-0.39, 0.29) is 5.91 Å². The van der Waals surface area contributed by atoms with E-state index in [1.807, 2.05) is 12.1 Å². The molecule has 1 fully saturated rings. The summed E-state index contributed by atoms with van der Waals surface area (Å²) in [6.07, 6.45) is 1.27. The number of carbonyl (C=O) groups is 1. The fourth-order valence-corrected chi connectivity index (χ4v) is 4.59. The molecule has 5 nitrogen and oxygen atoms in total. The molecule has 1 N–H and O–H groups in total. The Labute approximate surface area is 152 Å². The van der Waals surface area contributed by atoms with E-state index in [0.29, 0.717) is 17.3 Å². The van der Waals surface area contributed by atoms with Crippen molar-refractivity contribution < 1.29 is 9.63 Å². The molecule has 0 aliphatic carbocycles. The normalized spacial score (nSPS) is 27.6. The summed E-state index contributed by atoms with van der Waals surface area (Å²) in [4.78, 5) is 20.9. The summed E-state index contributed by atoms with van der Waals surface area (Å²) in [5, 5.41) is 7.01. The van der Waals surface area contributed by atoms with Crippen molar-refractivity contribution in [1.29, 1.82) is 0 Å². The number of hydrogen-bond acceptors (Lipinski definition) is 5. The monoisotopic (exact) mass is 369 g/mol. The Hall–Kier alpha value is -1.11. The maximum atomic E-state index is 12.2. The molecule has 3 atom stereocenters. The molecule has 0 radical (unpaired) electrons. The van der Waals surface area contributed by atoms with Crippen molar-refractivity contribution in [3.8, 4) is 0 Å². The molecule has 1 amide bonds. The average molecular weight is 370 g/mol. The van der Waals surface area contributed by atoms with Crippen LogP contribution < -0.4 is 5.32 Å². The minimum atomic E-state index is -0.528. The predicted molar refractivity (Wildman–Crippen MR) is 97.8 cm³/mol. The summed E-state index contributed by atoms with van der Waals surface area (Å²) >= 11 is 7.39. The predicted octanol–water partition coefficient (Wildman–Crippen LogP) is 2.99. The molecule has 2 aliphatic rings. The minimum Gasteiger partial charge on any atom is -0.382 e. The van der Waals surface area contributed by atoms with Crippen molar-refractivity contribution in [3.63, 3.8) is 0 Å². The highest BCUT2D eigenvalue weighted by Gasteiger charge is 2.29. The fraction of sp³-hybridized carbons (Fsp3) is 0.647. The Bertz CT molecular complexity index is 609. The molecule has 2 aliphatic heterocycles. The molecule has 3 rings (SSSR count). The largest absolute Gasteiger partial charge is 0.382 e. The summed E-state index contributed by atoms with van der Waals surface area (Å²) in [5.74, 6) is 1.38. The van der Waals surface area contributed by atoms with E-state index in [2.05, 4.69) is 29.2 Å². The van der Waals surface area contributed by atoms with Crippen LogP contribution in [0.1, 0.15) is 31.6 Å². The molecule has 0 spiro atoms. The van der Waals surface area contributed by atoms with Gasteiger partial charge in [-0.3, -0.25) is 4.79 Å². The van der Waals surface area contributed by atoms with E-state index in [1.165, 1.54) is 17.8 Å². The third kappa shape index (κ3) is 4.49. The van der Waals surface area contributed by atoms with Gasteiger partial charge in [0.2, 0.25) is 6.10 Å². The van der Waals surface area contributed by atoms with Gasteiger partial charge < -0.3 is 15.1 Å². The van der Waals surface area contributed by atoms with Crippen LogP contribution in [0.2, 0.25) is 4.34 Å². The zero-order valence-electron chi connectivity index (χ0n) is 14.1. The molecule has 3 heterocycles. The second-order valence-corrected chi connectivity index (χ2v) is 8.65. The molecule has 7 heteroatoms. The molecule has 0 aromatic carbocycles. The number of thiophene rings is 1. The first-order valence-corrected chi connectivity index (χ1v) is 9.69. The number of oxime groups is 1. The van der Waals surface area contributed by atoms with Crippen molar-refractivity contribution in [2.45, 2.75) is 32.8 Å². The first kappa shape index (κ1) is 17.7. The van der Waals surface area contributed by atoms with Gasteiger partial charge in [0.05, 0.1) is 9.21 Å². The Kier molecular flexibility index (Phi) is 5.79. The lowest BCUT2D eigenvalue weighted by atomic mass is 9.92. The molecule has 24 heavy (non-hydrogen) atoms. The molecule has 1 saturated heterocycles. The number of piperidine rings is 1. The highest BCUT2D eigenvalue weighted by Crippen LogP contribution is 2.26. The van der Waals surface area contributed by atoms with Crippen LogP contribution in [0.4, 0.5) is 0 Å². The Morgan fingerprint density at radius 2 is 2.17 bits per heavy atom. The second-order valence-electron chi connectivity index (χ2n) is 6.94. The first-order chi connectivity index (χ1) is 11.5. The van der Waals surface area contributed by atoms with Gasteiger partial charge in [-0.15, -0.1) is 11.3 Å². The lowest BCUT2D eigenvalue weighted by Crippen LogP contribution is -2.44. The number of amides is 1. The molecule has 0 bridgehead atoms. The molecule has 132 valence electrons. The number of nitrogens with one attached hydrogen (secondary N) is 1. The van der Waals surface area contributed by atoms with E-state index in [4.69, 9.17) is 16.4 Å². The lowest BCUT2D eigenvalue weighted by Gasteiger charge is -2.34. The Morgan fingerprint density at radius 1 is 1.42 bits per heavy atom. The molecule has 1 aromatic heterocycles. The summed E-state index contributed by atoms with van der Waals surface area (Å²) in [5.41, 5.74) is 0.797. The smallest absolute Gasteiger partial charge is 0.264 e. The topological polar surface area (TPSA) is 53.9 Å².